The van der Waals surface area contributed by atoms with E-state index in [1.54, 1.807) is 0 Å². The minimum absolute atomic E-state index is 0.129. The number of benzene rings is 1. The molecule has 1 rings (SSSR count). The molecule has 0 amide bonds. The lowest BCUT2D eigenvalue weighted by Gasteiger charge is -2.12. The van der Waals surface area contributed by atoms with Gasteiger partial charge in [-0.3, -0.25) is 5.41 Å². The minimum Gasteiger partial charge on any atom is -0.399 e. The average Bonchev–Trinajstić information content (AvgIpc) is 2.14. The van der Waals surface area contributed by atoms with Crippen LogP contribution in [0, 0.1) is 10.8 Å². The molecule has 0 aliphatic carbocycles. The topological polar surface area (TPSA) is 73.7 Å². The highest BCUT2D eigenvalue weighted by Crippen LogP contribution is 2.32. The summed E-state index contributed by atoms with van der Waals surface area (Å²) in [7, 11) is 0. The molecule has 6 heteroatoms. The molecule has 0 spiro atoms. The molecule has 4 N–H and O–H groups in total. The van der Waals surface area contributed by atoms with E-state index in [0.29, 0.717) is 6.21 Å². The van der Waals surface area contributed by atoms with Gasteiger partial charge < -0.3 is 11.1 Å². The van der Waals surface area contributed by atoms with Crippen LogP contribution >= 0.6 is 0 Å². The highest BCUT2D eigenvalue weighted by atomic mass is 19.4. The predicted octanol–water partition coefficient (Wildman–Crippen LogP) is 2.31. The second-order valence-corrected chi connectivity index (χ2v) is 2.86. The number of hydrogen-bond acceptors (Lipinski definition) is 3. The Kier molecular flexibility index (Phi) is 2.78. The standard InChI is InChI=1S/C9H8F3N3/c10-9(11,12)7-2-1-5(14)3-6(7)8(15)4-13/h1-4,13,15H,14H2. The van der Waals surface area contributed by atoms with Crippen LogP contribution in [-0.2, 0) is 6.18 Å². The molecule has 80 valence electrons. The van der Waals surface area contributed by atoms with Crippen LogP contribution in [0.5, 0.6) is 0 Å². The fourth-order valence-corrected chi connectivity index (χ4v) is 1.11. The van der Waals surface area contributed by atoms with Crippen LogP contribution < -0.4 is 5.73 Å². The summed E-state index contributed by atoms with van der Waals surface area (Å²) in [5.74, 6) is 0. The number of anilines is 1. The van der Waals surface area contributed by atoms with E-state index in [1.165, 1.54) is 0 Å². The predicted molar refractivity (Wildman–Crippen MR) is 51.5 cm³/mol. The van der Waals surface area contributed by atoms with Gasteiger partial charge in [-0.25, -0.2) is 0 Å². The first-order chi connectivity index (χ1) is 6.86. The third-order valence-corrected chi connectivity index (χ3v) is 1.78. The lowest BCUT2D eigenvalue weighted by Crippen LogP contribution is -2.14. The summed E-state index contributed by atoms with van der Waals surface area (Å²) < 4.78 is 37.4. The maximum atomic E-state index is 12.5. The summed E-state index contributed by atoms with van der Waals surface area (Å²) in [6.45, 7) is 0. The van der Waals surface area contributed by atoms with Gasteiger partial charge in [-0.2, -0.15) is 13.2 Å². The van der Waals surface area contributed by atoms with Gasteiger partial charge in [0, 0.05) is 17.5 Å². The van der Waals surface area contributed by atoms with Crippen molar-refractivity contribution in [2.24, 2.45) is 0 Å². The molecular formula is C9H8F3N3. The summed E-state index contributed by atoms with van der Waals surface area (Å²) in [5.41, 5.74) is 3.60. The van der Waals surface area contributed by atoms with Crippen LogP contribution in [0.1, 0.15) is 11.1 Å². The van der Waals surface area contributed by atoms with E-state index in [9.17, 15) is 13.2 Å². The van der Waals surface area contributed by atoms with Crippen LogP contribution in [0.15, 0.2) is 18.2 Å². The van der Waals surface area contributed by atoms with Gasteiger partial charge in [-0.1, -0.05) is 0 Å². The Hall–Kier alpha value is -1.85. The third kappa shape index (κ3) is 2.34. The van der Waals surface area contributed by atoms with Gasteiger partial charge >= 0.3 is 6.18 Å². The van der Waals surface area contributed by atoms with E-state index < -0.39 is 17.5 Å². The molecule has 0 bridgehead atoms. The van der Waals surface area contributed by atoms with Gasteiger partial charge in [0.25, 0.3) is 0 Å². The van der Waals surface area contributed by atoms with Crippen molar-refractivity contribution in [2.75, 3.05) is 5.73 Å². The van der Waals surface area contributed by atoms with Gasteiger partial charge in [0.1, 0.15) is 0 Å². The van der Waals surface area contributed by atoms with E-state index >= 15 is 0 Å². The number of rotatable bonds is 2. The number of nitrogen functional groups attached to an aromatic ring is 1. The van der Waals surface area contributed by atoms with Gasteiger partial charge in [0.2, 0.25) is 0 Å². The second kappa shape index (κ2) is 3.72. The van der Waals surface area contributed by atoms with Gasteiger partial charge in [-0.05, 0) is 18.2 Å². The molecule has 0 aromatic heterocycles. The first-order valence-corrected chi connectivity index (χ1v) is 3.92. The smallest absolute Gasteiger partial charge is 0.399 e. The molecule has 0 aliphatic rings. The number of alkyl halides is 3. The molecule has 0 heterocycles. The van der Waals surface area contributed by atoms with Crippen LogP contribution in [0.25, 0.3) is 0 Å². The number of hydrogen-bond donors (Lipinski definition) is 3. The molecule has 0 fully saturated rings. The SMILES string of the molecule is N=CC(=N)c1cc(N)ccc1C(F)(F)F. The Morgan fingerprint density at radius 2 is 1.93 bits per heavy atom. The maximum Gasteiger partial charge on any atom is 0.417 e. The third-order valence-electron chi connectivity index (χ3n) is 1.78. The summed E-state index contributed by atoms with van der Waals surface area (Å²) in [5, 5.41) is 14.0. The molecule has 15 heavy (non-hydrogen) atoms. The molecule has 0 aliphatic heterocycles. The molecule has 1 aromatic carbocycles. The van der Waals surface area contributed by atoms with E-state index in [1.807, 2.05) is 0 Å². The highest BCUT2D eigenvalue weighted by molar-refractivity contribution is 6.36. The monoisotopic (exact) mass is 215 g/mol. The molecule has 0 atom stereocenters. The fraction of sp³-hybridized carbons (Fsp3) is 0.111. The number of halogens is 3. The van der Waals surface area contributed by atoms with Crippen LogP contribution in [0.2, 0.25) is 0 Å². The maximum absolute atomic E-state index is 12.5. The summed E-state index contributed by atoms with van der Waals surface area (Å²) >= 11 is 0. The minimum atomic E-state index is -4.54. The van der Waals surface area contributed by atoms with E-state index in [0.717, 1.165) is 18.2 Å². The lowest BCUT2D eigenvalue weighted by molar-refractivity contribution is -0.137. The Bertz CT molecular complexity index is 410. The van der Waals surface area contributed by atoms with Gasteiger partial charge in [0.15, 0.2) is 0 Å². The zero-order valence-electron chi connectivity index (χ0n) is 7.52. The molecule has 1 aromatic rings. The zero-order chi connectivity index (χ0) is 11.6. The largest absolute Gasteiger partial charge is 0.417 e. The summed E-state index contributed by atoms with van der Waals surface area (Å²) in [6, 6.07) is 2.96. The second-order valence-electron chi connectivity index (χ2n) is 2.86. The van der Waals surface area contributed by atoms with E-state index in [2.05, 4.69) is 0 Å². The Morgan fingerprint density at radius 1 is 1.33 bits per heavy atom. The van der Waals surface area contributed by atoms with Crippen molar-refractivity contribution in [3.63, 3.8) is 0 Å². The lowest BCUT2D eigenvalue weighted by atomic mass is 10.0. The van der Waals surface area contributed by atoms with Crippen molar-refractivity contribution in [1.29, 1.82) is 10.8 Å². The molecule has 0 radical (unpaired) electrons. The quantitative estimate of drug-likeness (QED) is 0.514. The van der Waals surface area contributed by atoms with Crippen molar-refractivity contribution in [1.82, 2.24) is 0 Å². The molecule has 0 unspecified atom stereocenters. The van der Waals surface area contributed by atoms with Crippen LogP contribution in [-0.4, -0.2) is 11.9 Å². The van der Waals surface area contributed by atoms with Crippen LogP contribution in [0.4, 0.5) is 18.9 Å². The number of nitrogens with two attached hydrogens (primary N) is 1. The zero-order valence-corrected chi connectivity index (χ0v) is 7.52. The van der Waals surface area contributed by atoms with Crippen molar-refractivity contribution in [3.05, 3.63) is 29.3 Å². The summed E-state index contributed by atoms with van der Waals surface area (Å²) in [4.78, 5) is 0. The van der Waals surface area contributed by atoms with E-state index in [4.69, 9.17) is 16.6 Å². The fourth-order valence-electron chi connectivity index (χ4n) is 1.11. The average molecular weight is 215 g/mol. The van der Waals surface area contributed by atoms with Crippen molar-refractivity contribution >= 4 is 17.6 Å². The number of nitrogens with one attached hydrogen (secondary N) is 2. The first-order valence-electron chi connectivity index (χ1n) is 3.92. The van der Waals surface area contributed by atoms with Crippen molar-refractivity contribution < 1.29 is 13.2 Å². The van der Waals surface area contributed by atoms with Gasteiger partial charge in [-0.15, -0.1) is 0 Å². The molecule has 0 saturated carbocycles. The van der Waals surface area contributed by atoms with Crippen LogP contribution in [0.3, 0.4) is 0 Å². The summed E-state index contributed by atoms with van der Waals surface area (Å²) in [6.07, 6.45) is -4.00. The molecule has 3 nitrogen and oxygen atoms in total. The molecule has 0 saturated heterocycles. The Balaban J connectivity index is 3.39. The Labute approximate surface area is 83.7 Å². The highest BCUT2D eigenvalue weighted by Gasteiger charge is 2.33. The van der Waals surface area contributed by atoms with E-state index in [-0.39, 0.29) is 11.3 Å². The Morgan fingerprint density at radius 3 is 2.40 bits per heavy atom. The normalized spacial score (nSPS) is 11.1. The van der Waals surface area contributed by atoms with Gasteiger partial charge in [0.05, 0.1) is 11.3 Å². The van der Waals surface area contributed by atoms with Crippen molar-refractivity contribution in [2.45, 2.75) is 6.18 Å². The van der Waals surface area contributed by atoms with Crippen molar-refractivity contribution in [3.8, 4) is 0 Å². The first kappa shape index (κ1) is 11.2. The molecular weight excluding hydrogens is 207 g/mol.